The van der Waals surface area contributed by atoms with Crippen LogP contribution in [0.4, 0.5) is 5.69 Å². The van der Waals surface area contributed by atoms with Gasteiger partial charge in [-0.2, -0.15) is 0 Å². The van der Waals surface area contributed by atoms with Crippen LogP contribution >= 0.6 is 0 Å². The van der Waals surface area contributed by atoms with E-state index in [1.54, 1.807) is 19.1 Å². The average Bonchev–Trinajstić information content (AvgIpc) is 2.31. The fraction of sp³-hybridized carbons (Fsp3) is 0.154. The second kappa shape index (κ2) is 4.44. The number of aldehydes is 1. The van der Waals surface area contributed by atoms with Crippen molar-refractivity contribution in [2.24, 2.45) is 0 Å². The number of aryl methyl sites for hydroxylation is 2. The van der Waals surface area contributed by atoms with Crippen LogP contribution in [0, 0.1) is 13.8 Å². The number of hydrogen-bond donors (Lipinski definition) is 1. The first-order valence-corrected chi connectivity index (χ1v) is 5.32. The molecule has 2 aromatic rings. The van der Waals surface area contributed by atoms with Gasteiger partial charge in [0, 0.05) is 23.2 Å². The standard InChI is InChI=1S/C13H11NO4/c1-7-4-13(17)18-11-5-10(14-12(16)6-15)8(2)3-9(7)11/h3-6H,1-2H3,(H,14,16). The lowest BCUT2D eigenvalue weighted by molar-refractivity contribution is -0.127. The van der Waals surface area contributed by atoms with Gasteiger partial charge in [-0.15, -0.1) is 0 Å². The molecular weight excluding hydrogens is 234 g/mol. The topological polar surface area (TPSA) is 76.4 Å². The number of carbonyl (C=O) groups is 2. The van der Waals surface area contributed by atoms with E-state index in [2.05, 4.69) is 5.32 Å². The molecule has 0 radical (unpaired) electrons. The lowest BCUT2D eigenvalue weighted by atomic mass is 10.1. The molecule has 0 fully saturated rings. The van der Waals surface area contributed by atoms with E-state index in [0.29, 0.717) is 11.3 Å². The second-order valence-electron chi connectivity index (χ2n) is 4.02. The van der Waals surface area contributed by atoms with E-state index in [1.807, 2.05) is 6.92 Å². The first-order valence-electron chi connectivity index (χ1n) is 5.32. The zero-order valence-corrected chi connectivity index (χ0v) is 9.94. The zero-order chi connectivity index (χ0) is 13.3. The summed E-state index contributed by atoms with van der Waals surface area (Å²) in [5.74, 6) is -0.743. The molecule has 1 N–H and O–H groups in total. The average molecular weight is 245 g/mol. The van der Waals surface area contributed by atoms with Crippen LogP contribution in [0.2, 0.25) is 0 Å². The van der Waals surface area contributed by atoms with Gasteiger partial charge in [0.1, 0.15) is 5.58 Å². The maximum Gasteiger partial charge on any atom is 0.336 e. The summed E-state index contributed by atoms with van der Waals surface area (Å²) in [6.07, 6.45) is 0.191. The van der Waals surface area contributed by atoms with Crippen molar-refractivity contribution in [3.05, 3.63) is 39.7 Å². The maximum atomic E-state index is 11.3. The lowest BCUT2D eigenvalue weighted by Gasteiger charge is -2.08. The molecule has 0 atom stereocenters. The number of amides is 1. The SMILES string of the molecule is Cc1cc2c(C)cc(=O)oc2cc1NC(=O)C=O. The van der Waals surface area contributed by atoms with Crippen molar-refractivity contribution in [2.75, 3.05) is 5.32 Å². The van der Waals surface area contributed by atoms with Gasteiger partial charge in [0.05, 0.1) is 0 Å². The number of anilines is 1. The number of fused-ring (bicyclic) bond motifs is 1. The molecule has 0 saturated carbocycles. The van der Waals surface area contributed by atoms with Crippen LogP contribution in [0.25, 0.3) is 11.0 Å². The summed E-state index contributed by atoms with van der Waals surface area (Å²) >= 11 is 0. The van der Waals surface area contributed by atoms with E-state index in [-0.39, 0.29) is 6.29 Å². The third-order valence-electron chi connectivity index (χ3n) is 2.66. The van der Waals surface area contributed by atoms with Crippen molar-refractivity contribution in [1.29, 1.82) is 0 Å². The van der Waals surface area contributed by atoms with Crippen LogP contribution in [0.5, 0.6) is 0 Å². The lowest BCUT2D eigenvalue weighted by Crippen LogP contribution is -2.13. The molecule has 0 aliphatic carbocycles. The molecule has 1 aromatic carbocycles. The fourth-order valence-corrected chi connectivity index (χ4v) is 1.77. The molecule has 0 aliphatic heterocycles. The molecule has 92 valence electrons. The highest BCUT2D eigenvalue weighted by Crippen LogP contribution is 2.24. The fourth-order valence-electron chi connectivity index (χ4n) is 1.77. The third-order valence-corrected chi connectivity index (χ3v) is 2.66. The van der Waals surface area contributed by atoms with Crippen LogP contribution < -0.4 is 10.9 Å². The predicted octanol–water partition coefficient (Wildman–Crippen LogP) is 1.55. The summed E-state index contributed by atoms with van der Waals surface area (Å²) in [5, 5.41) is 3.22. The van der Waals surface area contributed by atoms with E-state index < -0.39 is 11.5 Å². The Kier molecular flexibility index (Phi) is 2.97. The van der Waals surface area contributed by atoms with Gasteiger partial charge in [0.25, 0.3) is 5.91 Å². The highest BCUT2D eigenvalue weighted by molar-refractivity contribution is 6.29. The number of rotatable bonds is 2. The van der Waals surface area contributed by atoms with Gasteiger partial charge in [0.2, 0.25) is 6.29 Å². The van der Waals surface area contributed by atoms with Crippen LogP contribution in [-0.4, -0.2) is 12.2 Å². The van der Waals surface area contributed by atoms with Crippen molar-refractivity contribution in [1.82, 2.24) is 0 Å². The van der Waals surface area contributed by atoms with Crippen molar-refractivity contribution in [2.45, 2.75) is 13.8 Å². The minimum atomic E-state index is -0.743. The first-order chi connectivity index (χ1) is 8.51. The van der Waals surface area contributed by atoms with Crippen LogP contribution in [0.15, 0.2) is 27.4 Å². The Hall–Kier alpha value is -2.43. The van der Waals surface area contributed by atoms with E-state index in [0.717, 1.165) is 16.5 Å². The molecule has 0 spiro atoms. The smallest absolute Gasteiger partial charge is 0.336 e. The van der Waals surface area contributed by atoms with E-state index in [1.165, 1.54) is 6.07 Å². The van der Waals surface area contributed by atoms with Crippen molar-refractivity contribution in [3.63, 3.8) is 0 Å². The highest BCUT2D eigenvalue weighted by atomic mass is 16.4. The molecule has 0 bridgehead atoms. The minimum absolute atomic E-state index is 0.191. The maximum absolute atomic E-state index is 11.3. The highest BCUT2D eigenvalue weighted by Gasteiger charge is 2.08. The zero-order valence-electron chi connectivity index (χ0n) is 9.94. The summed E-state index contributed by atoms with van der Waals surface area (Å²) in [5.41, 5.74) is 1.98. The second-order valence-corrected chi connectivity index (χ2v) is 4.02. The van der Waals surface area contributed by atoms with Gasteiger partial charge in [-0.05, 0) is 31.0 Å². The van der Waals surface area contributed by atoms with Crippen molar-refractivity contribution >= 4 is 28.8 Å². The Balaban J connectivity index is 2.64. The monoisotopic (exact) mass is 245 g/mol. The van der Waals surface area contributed by atoms with Gasteiger partial charge < -0.3 is 9.73 Å². The number of nitrogens with one attached hydrogen (secondary N) is 1. The molecule has 5 nitrogen and oxygen atoms in total. The van der Waals surface area contributed by atoms with E-state index in [9.17, 15) is 14.4 Å². The quantitative estimate of drug-likeness (QED) is 0.494. The summed E-state index contributed by atoms with van der Waals surface area (Å²) in [6, 6.07) is 4.75. The Bertz CT molecular complexity index is 700. The normalized spacial score (nSPS) is 10.3. The van der Waals surface area contributed by atoms with Crippen LogP contribution in [0.1, 0.15) is 11.1 Å². The van der Waals surface area contributed by atoms with Crippen LogP contribution in [0.3, 0.4) is 0 Å². The third kappa shape index (κ3) is 2.15. The number of benzene rings is 1. The molecular formula is C13H11NO4. The molecule has 0 aliphatic rings. The molecule has 0 saturated heterocycles. The van der Waals surface area contributed by atoms with E-state index >= 15 is 0 Å². The van der Waals surface area contributed by atoms with Gasteiger partial charge in [-0.25, -0.2) is 4.79 Å². The van der Waals surface area contributed by atoms with Crippen molar-refractivity contribution < 1.29 is 14.0 Å². The Labute approximate surface area is 102 Å². The summed E-state index contributed by atoms with van der Waals surface area (Å²) in [6.45, 7) is 3.60. The Morgan fingerprint density at radius 1 is 1.22 bits per heavy atom. The number of carbonyl (C=O) groups excluding carboxylic acids is 2. The van der Waals surface area contributed by atoms with Crippen LogP contribution in [-0.2, 0) is 9.59 Å². The van der Waals surface area contributed by atoms with Gasteiger partial charge in [0.15, 0.2) is 0 Å². The van der Waals surface area contributed by atoms with E-state index in [4.69, 9.17) is 4.42 Å². The van der Waals surface area contributed by atoms with Crippen molar-refractivity contribution in [3.8, 4) is 0 Å². The van der Waals surface area contributed by atoms with Gasteiger partial charge in [-0.1, -0.05) is 0 Å². The summed E-state index contributed by atoms with van der Waals surface area (Å²) in [7, 11) is 0. The predicted molar refractivity (Wildman–Crippen MR) is 66.7 cm³/mol. The van der Waals surface area contributed by atoms with Gasteiger partial charge in [-0.3, -0.25) is 9.59 Å². The molecule has 1 amide bonds. The molecule has 18 heavy (non-hydrogen) atoms. The molecule has 2 rings (SSSR count). The first kappa shape index (κ1) is 12.0. The molecule has 1 heterocycles. The number of hydrogen-bond acceptors (Lipinski definition) is 4. The summed E-state index contributed by atoms with van der Waals surface area (Å²) < 4.78 is 5.06. The minimum Gasteiger partial charge on any atom is -0.423 e. The Morgan fingerprint density at radius 2 is 1.94 bits per heavy atom. The largest absolute Gasteiger partial charge is 0.423 e. The molecule has 1 aromatic heterocycles. The van der Waals surface area contributed by atoms with Gasteiger partial charge >= 0.3 is 5.63 Å². The summed E-state index contributed by atoms with van der Waals surface area (Å²) in [4.78, 5) is 32.6. The Morgan fingerprint density at radius 3 is 2.61 bits per heavy atom. The molecule has 5 heteroatoms. The molecule has 0 unspecified atom stereocenters.